The number of rotatable bonds is 7. The van der Waals surface area contributed by atoms with Crippen LogP contribution >= 0.6 is 0 Å². The largest absolute Gasteiger partial charge is 0.478 e. The lowest BCUT2D eigenvalue weighted by Crippen LogP contribution is -2.63. The van der Waals surface area contributed by atoms with Crippen LogP contribution in [0.1, 0.15) is 43.2 Å². The molecule has 1 aliphatic carbocycles. The van der Waals surface area contributed by atoms with Crippen molar-refractivity contribution in [2.45, 2.75) is 55.8 Å². The minimum absolute atomic E-state index is 0.0390. The molecule has 1 unspecified atom stereocenters. The zero-order chi connectivity index (χ0) is 20.5. The summed E-state index contributed by atoms with van der Waals surface area (Å²) in [5.41, 5.74) is 7.60. The molecular weight excluding hydrogens is 372 g/mol. The van der Waals surface area contributed by atoms with Gasteiger partial charge in [0.1, 0.15) is 6.07 Å². The second-order valence-corrected chi connectivity index (χ2v) is 8.14. The Hall–Kier alpha value is -2.31. The Morgan fingerprint density at radius 1 is 1.31 bits per heavy atom. The molecule has 154 valence electrons. The van der Waals surface area contributed by atoms with Gasteiger partial charge in [-0.1, -0.05) is 0 Å². The molecule has 4 heterocycles. The zero-order valence-corrected chi connectivity index (χ0v) is 16.3. The molecule has 5 rings (SSSR count). The summed E-state index contributed by atoms with van der Waals surface area (Å²) in [5.74, 6) is 0.399. The van der Waals surface area contributed by atoms with Gasteiger partial charge in [-0.25, -0.2) is 4.98 Å². The summed E-state index contributed by atoms with van der Waals surface area (Å²) >= 11 is 0. The first-order valence-electron chi connectivity index (χ1n) is 10.0. The lowest BCUT2D eigenvalue weighted by molar-refractivity contribution is -0.201. The van der Waals surface area contributed by atoms with Crippen LogP contribution in [-0.4, -0.2) is 57.2 Å². The van der Waals surface area contributed by atoms with Crippen LogP contribution in [0.15, 0.2) is 18.3 Å². The van der Waals surface area contributed by atoms with Gasteiger partial charge in [0.15, 0.2) is 0 Å². The quantitative estimate of drug-likeness (QED) is 0.592. The van der Waals surface area contributed by atoms with Gasteiger partial charge in [0.2, 0.25) is 5.88 Å². The van der Waals surface area contributed by atoms with Crippen molar-refractivity contribution >= 4 is 11.0 Å². The van der Waals surface area contributed by atoms with E-state index in [1.54, 1.807) is 12.1 Å². The van der Waals surface area contributed by atoms with Crippen molar-refractivity contribution in [3.05, 3.63) is 29.5 Å². The number of aliphatic hydroxyl groups excluding tert-OH is 2. The van der Waals surface area contributed by atoms with Gasteiger partial charge in [-0.05, 0) is 31.7 Å². The van der Waals surface area contributed by atoms with E-state index in [2.05, 4.69) is 16.0 Å². The Morgan fingerprint density at radius 3 is 2.76 bits per heavy atom. The highest BCUT2D eigenvalue weighted by Gasteiger charge is 2.51. The predicted molar refractivity (Wildman–Crippen MR) is 105 cm³/mol. The number of nitriles is 1. The smallest absolute Gasteiger partial charge is 0.213 e. The van der Waals surface area contributed by atoms with Crippen LogP contribution in [0.2, 0.25) is 0 Å². The van der Waals surface area contributed by atoms with Crippen molar-refractivity contribution in [3.8, 4) is 11.9 Å². The number of hydrogen-bond donors (Lipinski definition) is 3. The van der Waals surface area contributed by atoms with Gasteiger partial charge in [-0.3, -0.25) is 4.98 Å². The molecule has 1 atom stereocenters. The number of ether oxygens (including phenoxy) is 2. The van der Waals surface area contributed by atoms with Gasteiger partial charge >= 0.3 is 0 Å². The first-order chi connectivity index (χ1) is 14.0. The van der Waals surface area contributed by atoms with Crippen LogP contribution in [0.25, 0.3) is 11.0 Å². The Bertz CT molecular complexity index is 918. The van der Waals surface area contributed by atoms with Crippen LogP contribution in [0.3, 0.4) is 0 Å². The highest BCUT2D eigenvalue weighted by molar-refractivity contribution is 5.80. The predicted octanol–water partition coefficient (Wildman–Crippen LogP) is 1.21. The molecule has 8 nitrogen and oxygen atoms in total. The molecule has 0 radical (unpaired) electrons. The highest BCUT2D eigenvalue weighted by atomic mass is 16.5. The molecule has 3 fully saturated rings. The molecule has 2 aromatic rings. The molecule has 2 saturated heterocycles. The maximum absolute atomic E-state index is 11.1. The monoisotopic (exact) mass is 398 g/mol. The van der Waals surface area contributed by atoms with Crippen molar-refractivity contribution in [2.75, 3.05) is 19.8 Å². The van der Waals surface area contributed by atoms with Gasteiger partial charge in [0.25, 0.3) is 0 Å². The highest BCUT2D eigenvalue weighted by Crippen LogP contribution is 2.45. The molecule has 8 heteroatoms. The average molecular weight is 398 g/mol. The summed E-state index contributed by atoms with van der Waals surface area (Å²) in [6.07, 6.45) is 4.56. The minimum Gasteiger partial charge on any atom is -0.478 e. The van der Waals surface area contributed by atoms with Gasteiger partial charge in [0.05, 0.1) is 41.5 Å². The summed E-state index contributed by atoms with van der Waals surface area (Å²) in [5, 5.41) is 29.7. The number of nitrogens with two attached hydrogens (primary N) is 1. The first-order valence-corrected chi connectivity index (χ1v) is 10.0. The molecule has 29 heavy (non-hydrogen) atoms. The van der Waals surface area contributed by atoms with Crippen molar-refractivity contribution in [2.24, 2.45) is 5.73 Å². The number of aromatic nitrogens is 2. The van der Waals surface area contributed by atoms with Crippen molar-refractivity contribution in [1.82, 2.24) is 9.97 Å². The molecule has 4 N–H and O–H groups in total. The van der Waals surface area contributed by atoms with E-state index in [9.17, 15) is 10.4 Å². The summed E-state index contributed by atoms with van der Waals surface area (Å²) < 4.78 is 11.6. The summed E-state index contributed by atoms with van der Waals surface area (Å²) in [6, 6.07) is 5.66. The average Bonchev–Trinajstić information content (AvgIpc) is 2.75. The summed E-state index contributed by atoms with van der Waals surface area (Å²) in [6.45, 7) is 0.834. The Morgan fingerprint density at radius 2 is 2.10 bits per heavy atom. The van der Waals surface area contributed by atoms with E-state index in [-0.39, 0.29) is 18.6 Å². The van der Waals surface area contributed by atoms with E-state index in [0.29, 0.717) is 60.5 Å². The SMILES string of the molecule is N#Cc1cnc2ccc(OCCCO)nc2c1CC(O)C12CCC(N)(CC1)CO2. The van der Waals surface area contributed by atoms with E-state index < -0.39 is 11.7 Å². The molecule has 0 amide bonds. The Kier molecular flexibility index (Phi) is 5.40. The van der Waals surface area contributed by atoms with Crippen LogP contribution < -0.4 is 10.5 Å². The Labute approximate surface area is 169 Å². The fourth-order valence-corrected chi connectivity index (χ4v) is 4.28. The number of hydrogen-bond acceptors (Lipinski definition) is 8. The molecule has 0 aromatic carbocycles. The topological polar surface area (TPSA) is 135 Å². The van der Waals surface area contributed by atoms with E-state index in [1.165, 1.54) is 6.20 Å². The van der Waals surface area contributed by atoms with Crippen LogP contribution in [0.5, 0.6) is 5.88 Å². The fourth-order valence-electron chi connectivity index (χ4n) is 4.28. The van der Waals surface area contributed by atoms with Crippen LogP contribution in [-0.2, 0) is 11.2 Å². The van der Waals surface area contributed by atoms with Crippen molar-refractivity contribution in [3.63, 3.8) is 0 Å². The van der Waals surface area contributed by atoms with Crippen LogP contribution in [0, 0.1) is 11.3 Å². The standard InChI is InChI=1S/C21H26N4O4/c22-11-14-12-24-16-2-3-18(28-9-1-8-26)25-19(16)15(14)10-17(27)21-6-4-20(23,5-7-21)13-29-21/h2-3,12,17,26-27H,1,4-10,13,23H2. The fraction of sp³-hybridized carbons (Fsp3) is 0.571. The second kappa shape index (κ2) is 7.84. The normalized spacial score (nSPS) is 27.0. The van der Waals surface area contributed by atoms with E-state index in [0.717, 1.165) is 12.8 Å². The molecule has 2 bridgehead atoms. The third-order valence-electron chi connectivity index (χ3n) is 6.21. The third-order valence-corrected chi connectivity index (χ3v) is 6.21. The van der Waals surface area contributed by atoms with Crippen molar-refractivity contribution in [1.29, 1.82) is 5.26 Å². The molecule has 0 spiro atoms. The van der Waals surface area contributed by atoms with Gasteiger partial charge in [-0.15, -0.1) is 0 Å². The number of nitrogens with zero attached hydrogens (tertiary/aromatic N) is 3. The molecule has 1 saturated carbocycles. The maximum atomic E-state index is 11.1. The molecule has 3 aliphatic rings. The Balaban J connectivity index is 1.64. The molecular formula is C21H26N4O4. The first kappa shape index (κ1) is 20.0. The summed E-state index contributed by atoms with van der Waals surface area (Å²) in [4.78, 5) is 8.85. The van der Waals surface area contributed by atoms with E-state index in [1.807, 2.05) is 0 Å². The lowest BCUT2D eigenvalue weighted by atomic mass is 9.68. The molecule has 2 aromatic heterocycles. The van der Waals surface area contributed by atoms with E-state index >= 15 is 0 Å². The van der Waals surface area contributed by atoms with Gasteiger partial charge in [0, 0.05) is 42.8 Å². The maximum Gasteiger partial charge on any atom is 0.213 e. The number of aliphatic hydroxyl groups is 2. The number of fused-ring (bicyclic) bond motifs is 4. The zero-order valence-electron chi connectivity index (χ0n) is 16.3. The third kappa shape index (κ3) is 3.79. The van der Waals surface area contributed by atoms with Crippen LogP contribution in [0.4, 0.5) is 0 Å². The van der Waals surface area contributed by atoms with Gasteiger partial charge < -0.3 is 25.4 Å². The van der Waals surface area contributed by atoms with Crippen molar-refractivity contribution < 1.29 is 19.7 Å². The molecule has 2 aliphatic heterocycles. The number of pyridine rings is 2. The summed E-state index contributed by atoms with van der Waals surface area (Å²) in [7, 11) is 0. The second-order valence-electron chi connectivity index (χ2n) is 8.14. The minimum atomic E-state index is -0.772. The van der Waals surface area contributed by atoms with Gasteiger partial charge in [-0.2, -0.15) is 5.26 Å². The lowest BCUT2D eigenvalue weighted by Gasteiger charge is -2.53. The van der Waals surface area contributed by atoms with E-state index in [4.69, 9.17) is 20.3 Å².